The number of hydrogen-bond acceptors (Lipinski definition) is 6. The van der Waals surface area contributed by atoms with Crippen LogP contribution >= 0.6 is 22.7 Å². The third-order valence-electron chi connectivity index (χ3n) is 2.49. The van der Waals surface area contributed by atoms with E-state index in [1.807, 2.05) is 0 Å². The third kappa shape index (κ3) is 1.50. The van der Waals surface area contributed by atoms with Crippen molar-refractivity contribution in [3.8, 4) is 0 Å². The Labute approximate surface area is 107 Å². The third-order valence-corrected chi connectivity index (χ3v) is 5.18. The highest BCUT2D eigenvalue weighted by Gasteiger charge is 2.10. The molecular formula is C12H4O4S2. The molecule has 88 valence electrons. The molecule has 0 spiro atoms. The van der Waals surface area contributed by atoms with Gasteiger partial charge in [-0.3, -0.25) is 19.2 Å². The Morgan fingerprint density at radius 2 is 0.722 bits per heavy atom. The van der Waals surface area contributed by atoms with Gasteiger partial charge in [0, 0.05) is 0 Å². The smallest absolute Gasteiger partial charge is 0.197 e. The topological polar surface area (TPSA) is 68.3 Å². The van der Waals surface area contributed by atoms with Gasteiger partial charge in [-0.15, -0.1) is 22.7 Å². The second-order valence-corrected chi connectivity index (χ2v) is 5.69. The van der Waals surface area contributed by atoms with Crippen LogP contribution < -0.4 is 21.7 Å². The summed E-state index contributed by atoms with van der Waals surface area (Å²) in [5, 5.41) is 0. The van der Waals surface area contributed by atoms with Crippen molar-refractivity contribution in [1.29, 1.82) is 0 Å². The molecule has 6 heteroatoms. The Balaban J connectivity index is 2.78. The maximum Gasteiger partial charge on any atom is 0.197 e. The van der Waals surface area contributed by atoms with E-state index >= 15 is 0 Å². The molecule has 0 aliphatic carbocycles. The van der Waals surface area contributed by atoms with E-state index in [2.05, 4.69) is 0 Å². The Hall–Kier alpha value is -1.92. The molecule has 0 saturated carbocycles. The van der Waals surface area contributed by atoms with Gasteiger partial charge in [0.05, 0.1) is 18.8 Å². The lowest BCUT2D eigenvalue weighted by Crippen LogP contribution is -2.10. The molecular weight excluding hydrogens is 272 g/mol. The summed E-state index contributed by atoms with van der Waals surface area (Å²) in [6.07, 6.45) is 0. The minimum atomic E-state index is -0.302. The fourth-order valence-corrected chi connectivity index (χ4v) is 4.00. The largest absolute Gasteiger partial charge is 0.288 e. The Morgan fingerprint density at radius 3 is 0.944 bits per heavy atom. The average molecular weight is 276 g/mol. The van der Waals surface area contributed by atoms with Crippen LogP contribution in [0.15, 0.2) is 43.4 Å². The lowest BCUT2D eigenvalue weighted by molar-refractivity contribution is 1.64. The lowest BCUT2D eigenvalue weighted by Gasteiger charge is -1.96. The van der Waals surface area contributed by atoms with Gasteiger partial charge in [-0.25, -0.2) is 0 Å². The van der Waals surface area contributed by atoms with Crippen molar-refractivity contribution in [2.24, 2.45) is 0 Å². The number of hydrogen-bond donors (Lipinski definition) is 0. The zero-order chi connectivity index (χ0) is 12.9. The summed E-state index contributed by atoms with van der Waals surface area (Å²) < 4.78 is 0.954. The molecule has 2 aromatic carbocycles. The molecule has 0 aliphatic heterocycles. The number of fused-ring (bicyclic) bond motifs is 2. The minimum absolute atomic E-state index is 0.239. The van der Waals surface area contributed by atoms with Crippen LogP contribution in [0.5, 0.6) is 0 Å². The first-order valence-corrected chi connectivity index (χ1v) is 6.59. The summed E-state index contributed by atoms with van der Waals surface area (Å²) >= 11 is 1.84. The van der Waals surface area contributed by atoms with Crippen LogP contribution in [0.4, 0.5) is 0 Å². The van der Waals surface area contributed by atoms with Gasteiger partial charge in [-0.05, 0) is 24.3 Å². The highest BCUT2D eigenvalue weighted by Crippen LogP contribution is 2.24. The molecule has 0 radical (unpaired) electrons. The SMILES string of the molecule is O=c1ccc(=O)c2sc3c(=O)ccc(=O)c3sc12. The minimum Gasteiger partial charge on any atom is -0.288 e. The molecule has 3 rings (SSSR count). The summed E-state index contributed by atoms with van der Waals surface area (Å²) in [5.41, 5.74) is -1.21. The summed E-state index contributed by atoms with van der Waals surface area (Å²) in [6, 6.07) is 4.74. The van der Waals surface area contributed by atoms with Crippen molar-refractivity contribution in [3.63, 3.8) is 0 Å². The predicted molar refractivity (Wildman–Crippen MR) is 73.5 cm³/mol. The molecule has 0 N–H and O–H groups in total. The molecule has 1 aromatic heterocycles. The maximum atomic E-state index is 11.7. The molecule has 0 bridgehead atoms. The normalized spacial score (nSPS) is 11.1. The van der Waals surface area contributed by atoms with E-state index in [9.17, 15) is 19.2 Å². The molecule has 1 heterocycles. The van der Waals surface area contributed by atoms with Crippen LogP contribution in [0.3, 0.4) is 0 Å². The van der Waals surface area contributed by atoms with Gasteiger partial charge in [0.15, 0.2) is 21.7 Å². The summed E-state index contributed by atoms with van der Waals surface area (Å²) in [4.78, 5) is 46.7. The van der Waals surface area contributed by atoms with Gasteiger partial charge in [-0.1, -0.05) is 0 Å². The van der Waals surface area contributed by atoms with Crippen molar-refractivity contribution in [2.45, 2.75) is 0 Å². The van der Waals surface area contributed by atoms with Gasteiger partial charge >= 0.3 is 0 Å². The molecule has 18 heavy (non-hydrogen) atoms. The molecule has 0 aliphatic rings. The van der Waals surface area contributed by atoms with E-state index < -0.39 is 0 Å². The first-order valence-electron chi connectivity index (χ1n) is 4.95. The predicted octanol–water partition coefficient (Wildman–Crippen LogP) is 0.995. The summed E-state index contributed by atoms with van der Waals surface area (Å²) in [5.74, 6) is 0. The molecule has 0 atom stereocenters. The second-order valence-electron chi connectivity index (χ2n) is 3.64. The fourth-order valence-electron chi connectivity index (χ4n) is 1.64. The van der Waals surface area contributed by atoms with Gasteiger partial charge in [0.25, 0.3) is 0 Å². The van der Waals surface area contributed by atoms with Crippen LogP contribution in [-0.2, 0) is 0 Å². The van der Waals surface area contributed by atoms with Crippen molar-refractivity contribution in [3.05, 3.63) is 65.2 Å². The summed E-state index contributed by atoms with van der Waals surface area (Å²) in [6.45, 7) is 0. The standard InChI is InChI=1S/C12H4O4S2/c13-5-1-2-6(14)10-9(5)17-11-7(15)3-4-8(16)12(11)18-10/h1-4H. The molecule has 3 aromatic rings. The van der Waals surface area contributed by atoms with E-state index in [0.29, 0.717) is 0 Å². The van der Waals surface area contributed by atoms with Crippen molar-refractivity contribution in [2.75, 3.05) is 0 Å². The van der Waals surface area contributed by atoms with Crippen molar-refractivity contribution >= 4 is 41.5 Å². The Bertz CT molecular complexity index is 840. The van der Waals surface area contributed by atoms with Crippen LogP contribution in [0.1, 0.15) is 0 Å². The van der Waals surface area contributed by atoms with Crippen LogP contribution in [0.25, 0.3) is 18.8 Å². The number of rotatable bonds is 0. The van der Waals surface area contributed by atoms with E-state index in [0.717, 1.165) is 22.7 Å². The highest BCUT2D eigenvalue weighted by atomic mass is 32.1. The zero-order valence-electron chi connectivity index (χ0n) is 8.76. The first-order chi connectivity index (χ1) is 8.58. The monoisotopic (exact) mass is 276 g/mol. The Morgan fingerprint density at radius 1 is 0.500 bits per heavy atom. The molecule has 0 amide bonds. The lowest BCUT2D eigenvalue weighted by atomic mass is 10.3. The van der Waals surface area contributed by atoms with Crippen LogP contribution in [0.2, 0.25) is 0 Å². The molecule has 0 fully saturated rings. The van der Waals surface area contributed by atoms with E-state index in [4.69, 9.17) is 0 Å². The first kappa shape index (κ1) is 11.2. The highest BCUT2D eigenvalue weighted by molar-refractivity contribution is 7.36. The van der Waals surface area contributed by atoms with Gasteiger partial charge in [0.2, 0.25) is 0 Å². The zero-order valence-corrected chi connectivity index (χ0v) is 10.4. The Kier molecular flexibility index (Phi) is 2.36. The van der Waals surface area contributed by atoms with Gasteiger partial charge in [0.1, 0.15) is 0 Å². The quantitative estimate of drug-likeness (QED) is 0.574. The van der Waals surface area contributed by atoms with E-state index in [-0.39, 0.29) is 40.5 Å². The maximum absolute atomic E-state index is 11.7. The number of benzene rings is 2. The van der Waals surface area contributed by atoms with E-state index in [1.165, 1.54) is 24.3 Å². The van der Waals surface area contributed by atoms with Crippen LogP contribution in [0, 0.1) is 0 Å². The average Bonchev–Trinajstić information content (AvgIpc) is 2.37. The van der Waals surface area contributed by atoms with Gasteiger partial charge in [-0.2, -0.15) is 0 Å². The van der Waals surface area contributed by atoms with Crippen molar-refractivity contribution < 1.29 is 0 Å². The van der Waals surface area contributed by atoms with Gasteiger partial charge < -0.3 is 0 Å². The van der Waals surface area contributed by atoms with E-state index in [1.54, 1.807) is 0 Å². The van der Waals surface area contributed by atoms with Crippen molar-refractivity contribution in [1.82, 2.24) is 0 Å². The summed E-state index contributed by atoms with van der Waals surface area (Å²) in [7, 11) is 0. The molecule has 4 nitrogen and oxygen atoms in total. The molecule has 0 saturated heterocycles. The molecule has 0 unspecified atom stereocenters. The van der Waals surface area contributed by atoms with Crippen LogP contribution in [-0.4, -0.2) is 0 Å². The fraction of sp³-hybridized carbons (Fsp3) is 0. The second kappa shape index (κ2) is 3.79.